The van der Waals surface area contributed by atoms with E-state index < -0.39 is 15.8 Å². The molecule has 0 amide bonds. The van der Waals surface area contributed by atoms with Gasteiger partial charge in [0.1, 0.15) is 16.5 Å². The highest BCUT2D eigenvalue weighted by Crippen LogP contribution is 2.40. The van der Waals surface area contributed by atoms with Crippen molar-refractivity contribution in [3.05, 3.63) is 53.8 Å². The van der Waals surface area contributed by atoms with E-state index in [1.165, 1.54) is 16.4 Å². The first-order valence-electron chi connectivity index (χ1n) is 8.29. The Morgan fingerprint density at radius 3 is 2.32 bits per heavy atom. The summed E-state index contributed by atoms with van der Waals surface area (Å²) in [5.41, 5.74) is 1.20. The average Bonchev–Trinajstić information content (AvgIpc) is 3.40. The van der Waals surface area contributed by atoms with E-state index in [1.54, 1.807) is 44.4 Å². The van der Waals surface area contributed by atoms with Gasteiger partial charge in [0.25, 0.3) is 10.0 Å². The van der Waals surface area contributed by atoms with E-state index in [1.807, 2.05) is 6.92 Å². The molecule has 0 heterocycles. The molecule has 4 nitrogen and oxygen atoms in total. The molecule has 2 aromatic carbocycles. The van der Waals surface area contributed by atoms with E-state index in [2.05, 4.69) is 0 Å². The van der Waals surface area contributed by atoms with Crippen LogP contribution in [0.1, 0.15) is 25.3 Å². The number of anilines is 1. The molecule has 0 spiro atoms. The predicted molar refractivity (Wildman–Crippen MR) is 96.0 cm³/mol. The highest BCUT2D eigenvalue weighted by atomic mass is 32.2. The van der Waals surface area contributed by atoms with Crippen LogP contribution in [0.25, 0.3) is 0 Å². The van der Waals surface area contributed by atoms with Crippen molar-refractivity contribution < 1.29 is 17.5 Å². The lowest BCUT2D eigenvalue weighted by atomic mass is 10.2. The maximum absolute atomic E-state index is 14.4. The van der Waals surface area contributed by atoms with Crippen LogP contribution in [0.2, 0.25) is 0 Å². The van der Waals surface area contributed by atoms with Gasteiger partial charge in [0, 0.05) is 6.04 Å². The van der Waals surface area contributed by atoms with E-state index in [-0.39, 0.29) is 10.9 Å². The standard InChI is InChI=1S/C19H22FNO3S/c1-13-4-11-19(18(20)12-13)25(22,23)21(14(2)15-5-6-15)16-7-9-17(24-3)10-8-16/h4,7-12,14-15H,5-6H2,1-3H3. The van der Waals surface area contributed by atoms with Crippen LogP contribution < -0.4 is 9.04 Å². The van der Waals surface area contributed by atoms with Crippen molar-refractivity contribution in [3.63, 3.8) is 0 Å². The second kappa shape index (κ2) is 6.67. The molecule has 1 aliphatic rings. The summed E-state index contributed by atoms with van der Waals surface area (Å²) in [4.78, 5) is -0.290. The molecular formula is C19H22FNO3S. The minimum atomic E-state index is -4.01. The monoisotopic (exact) mass is 363 g/mol. The minimum absolute atomic E-state index is 0.237. The highest BCUT2D eigenvalue weighted by Gasteiger charge is 2.39. The number of sulfonamides is 1. The molecule has 6 heteroatoms. The number of ether oxygens (including phenoxy) is 1. The van der Waals surface area contributed by atoms with Crippen molar-refractivity contribution in [2.45, 2.75) is 37.6 Å². The van der Waals surface area contributed by atoms with Crippen molar-refractivity contribution in [2.24, 2.45) is 5.92 Å². The molecule has 2 aromatic rings. The molecule has 1 fully saturated rings. The molecule has 0 radical (unpaired) electrons. The van der Waals surface area contributed by atoms with Crippen LogP contribution in [0.15, 0.2) is 47.4 Å². The number of halogens is 1. The van der Waals surface area contributed by atoms with E-state index >= 15 is 0 Å². The third-order valence-corrected chi connectivity index (χ3v) is 6.57. The molecule has 0 bridgehead atoms. The van der Waals surface area contributed by atoms with Crippen LogP contribution >= 0.6 is 0 Å². The maximum atomic E-state index is 14.4. The number of nitrogens with zero attached hydrogens (tertiary/aromatic N) is 1. The Labute approximate surface area is 148 Å². The molecule has 3 rings (SSSR count). The third kappa shape index (κ3) is 3.49. The van der Waals surface area contributed by atoms with Gasteiger partial charge in [-0.25, -0.2) is 12.8 Å². The van der Waals surface area contributed by atoms with E-state index in [0.29, 0.717) is 22.9 Å². The van der Waals surface area contributed by atoms with Gasteiger partial charge in [-0.15, -0.1) is 0 Å². The summed E-state index contributed by atoms with van der Waals surface area (Å²) in [6.45, 7) is 3.61. The maximum Gasteiger partial charge on any atom is 0.267 e. The Bertz CT molecular complexity index is 861. The van der Waals surface area contributed by atoms with Gasteiger partial charge in [-0.05, 0) is 74.6 Å². The molecule has 1 saturated carbocycles. The Hall–Kier alpha value is -2.08. The molecule has 0 N–H and O–H groups in total. The molecule has 0 aromatic heterocycles. The van der Waals surface area contributed by atoms with E-state index in [4.69, 9.17) is 4.74 Å². The third-order valence-electron chi connectivity index (χ3n) is 4.63. The topological polar surface area (TPSA) is 46.6 Å². The molecule has 0 aliphatic heterocycles. The van der Waals surface area contributed by atoms with Crippen LogP contribution in [0.4, 0.5) is 10.1 Å². The first-order valence-corrected chi connectivity index (χ1v) is 9.73. The van der Waals surface area contributed by atoms with Gasteiger partial charge in [0.2, 0.25) is 0 Å². The fourth-order valence-electron chi connectivity index (χ4n) is 3.01. The largest absolute Gasteiger partial charge is 0.497 e. The Balaban J connectivity index is 2.09. The fourth-order valence-corrected chi connectivity index (χ4v) is 4.78. The molecule has 1 atom stereocenters. The number of rotatable bonds is 6. The van der Waals surface area contributed by atoms with Crippen LogP contribution in [-0.4, -0.2) is 21.6 Å². The summed E-state index contributed by atoms with van der Waals surface area (Å²) in [7, 11) is -2.45. The van der Waals surface area contributed by atoms with Gasteiger partial charge in [0.15, 0.2) is 0 Å². The first kappa shape index (κ1) is 17.7. The van der Waals surface area contributed by atoms with Crippen molar-refractivity contribution in [1.82, 2.24) is 0 Å². The zero-order valence-electron chi connectivity index (χ0n) is 14.6. The average molecular weight is 363 g/mol. The summed E-state index contributed by atoms with van der Waals surface area (Å²) >= 11 is 0. The normalized spacial score (nSPS) is 15.7. The fraction of sp³-hybridized carbons (Fsp3) is 0.368. The van der Waals surface area contributed by atoms with Crippen LogP contribution in [0, 0.1) is 18.7 Å². The molecule has 25 heavy (non-hydrogen) atoms. The van der Waals surface area contributed by atoms with Gasteiger partial charge in [-0.3, -0.25) is 4.31 Å². The van der Waals surface area contributed by atoms with Crippen molar-refractivity contribution >= 4 is 15.7 Å². The van der Waals surface area contributed by atoms with Crippen molar-refractivity contribution in [3.8, 4) is 5.75 Å². The molecule has 134 valence electrons. The quantitative estimate of drug-likeness (QED) is 0.775. The smallest absolute Gasteiger partial charge is 0.267 e. The van der Waals surface area contributed by atoms with Crippen LogP contribution in [-0.2, 0) is 10.0 Å². The molecule has 1 aliphatic carbocycles. The second-order valence-corrected chi connectivity index (χ2v) is 8.29. The summed E-state index contributed by atoms with van der Waals surface area (Å²) in [5.74, 6) is 0.216. The summed E-state index contributed by atoms with van der Waals surface area (Å²) in [5, 5.41) is 0. The SMILES string of the molecule is COc1ccc(N(C(C)C2CC2)S(=O)(=O)c2ccc(C)cc2F)cc1. The highest BCUT2D eigenvalue weighted by molar-refractivity contribution is 7.92. The zero-order valence-corrected chi connectivity index (χ0v) is 15.4. The van der Waals surface area contributed by atoms with E-state index in [9.17, 15) is 12.8 Å². The zero-order chi connectivity index (χ0) is 18.2. The Morgan fingerprint density at radius 2 is 1.80 bits per heavy atom. The van der Waals surface area contributed by atoms with Crippen molar-refractivity contribution in [2.75, 3.05) is 11.4 Å². The number of hydrogen-bond donors (Lipinski definition) is 0. The first-order chi connectivity index (χ1) is 11.8. The van der Waals surface area contributed by atoms with Gasteiger partial charge >= 0.3 is 0 Å². The lowest BCUT2D eigenvalue weighted by Crippen LogP contribution is -2.40. The van der Waals surface area contributed by atoms with E-state index in [0.717, 1.165) is 12.8 Å². The number of aryl methyl sites for hydroxylation is 1. The van der Waals surface area contributed by atoms with Crippen LogP contribution in [0.5, 0.6) is 5.75 Å². The van der Waals surface area contributed by atoms with Gasteiger partial charge < -0.3 is 4.74 Å². The Morgan fingerprint density at radius 1 is 1.16 bits per heavy atom. The number of methoxy groups -OCH3 is 1. The molecule has 0 saturated heterocycles. The van der Waals surface area contributed by atoms with Crippen molar-refractivity contribution in [1.29, 1.82) is 0 Å². The summed E-state index contributed by atoms with van der Waals surface area (Å²) < 4.78 is 47.4. The lowest BCUT2D eigenvalue weighted by molar-refractivity contribution is 0.415. The summed E-state index contributed by atoms with van der Waals surface area (Å²) in [6.07, 6.45) is 1.97. The Kier molecular flexibility index (Phi) is 4.73. The van der Waals surface area contributed by atoms with Gasteiger partial charge in [-0.2, -0.15) is 0 Å². The summed E-state index contributed by atoms with van der Waals surface area (Å²) in [6, 6.07) is 10.8. The van der Waals surface area contributed by atoms with Crippen LogP contribution in [0.3, 0.4) is 0 Å². The predicted octanol–water partition coefficient (Wildman–Crippen LogP) is 4.14. The number of hydrogen-bond acceptors (Lipinski definition) is 3. The lowest BCUT2D eigenvalue weighted by Gasteiger charge is -2.31. The van der Waals surface area contributed by atoms with Gasteiger partial charge in [0.05, 0.1) is 12.8 Å². The number of benzene rings is 2. The molecular weight excluding hydrogens is 341 g/mol. The van der Waals surface area contributed by atoms with Gasteiger partial charge in [-0.1, -0.05) is 6.07 Å². The second-order valence-electron chi connectivity index (χ2n) is 6.51. The minimum Gasteiger partial charge on any atom is -0.497 e. The molecule has 1 unspecified atom stereocenters.